The molecule has 1 aromatic rings. The number of aliphatic hydroxyl groups excluding tert-OH is 1. The number of rotatable bonds is 70. The van der Waals surface area contributed by atoms with E-state index >= 15 is 0 Å². The first-order valence-corrected chi connectivity index (χ1v) is 48.0. The maximum absolute atomic E-state index is 14.7. The van der Waals surface area contributed by atoms with Crippen LogP contribution in [0.3, 0.4) is 0 Å². The van der Waals surface area contributed by atoms with Crippen molar-refractivity contribution in [3.05, 3.63) is 35.9 Å². The first-order valence-electron chi connectivity index (χ1n) is 46.6. The van der Waals surface area contributed by atoms with Gasteiger partial charge in [-0.25, -0.2) is 0 Å². The highest BCUT2D eigenvalue weighted by Crippen LogP contribution is 2.18. The van der Waals surface area contributed by atoms with Crippen molar-refractivity contribution in [2.45, 2.75) is 334 Å². The minimum atomic E-state index is -1.72. The fourth-order valence-corrected chi connectivity index (χ4v) is 14.3. The summed E-state index contributed by atoms with van der Waals surface area (Å²) in [5, 5.41) is 63.6. The minimum Gasteiger partial charge on any atom is -0.481 e. The van der Waals surface area contributed by atoms with E-state index in [4.69, 9.17) is 40.1 Å². The molecule has 0 fully saturated rings. The molecule has 1 aromatic carbocycles. The zero-order valence-corrected chi connectivity index (χ0v) is 82.2. The number of carboxylic acid groups (broad SMARTS) is 1. The molecule has 0 spiro atoms. The van der Waals surface area contributed by atoms with Gasteiger partial charge < -0.3 is 141 Å². The fraction of sp³-hybridized carbons (Fsp3) is 0.697. The number of hydrogen-bond acceptors (Lipinski definition) is 27. The molecule has 0 bridgehead atoms. The van der Waals surface area contributed by atoms with Crippen molar-refractivity contribution in [2.75, 3.05) is 38.2 Å². The van der Waals surface area contributed by atoms with E-state index in [2.05, 4.69) is 90.4 Å². The van der Waals surface area contributed by atoms with Crippen LogP contribution >= 0.6 is 11.8 Å². The zero-order valence-electron chi connectivity index (χ0n) is 81.4. The van der Waals surface area contributed by atoms with Crippen molar-refractivity contribution in [1.82, 2.24) is 90.4 Å². The van der Waals surface area contributed by atoms with Crippen molar-refractivity contribution in [3.8, 4) is 0 Å². The van der Waals surface area contributed by atoms with Crippen molar-refractivity contribution in [1.29, 1.82) is 0 Å². The Labute approximate surface area is 805 Å². The van der Waals surface area contributed by atoms with E-state index in [1.807, 2.05) is 0 Å². The summed E-state index contributed by atoms with van der Waals surface area (Å²) in [6.45, 7) is 20.2. The summed E-state index contributed by atoms with van der Waals surface area (Å²) in [6, 6.07) is -16.3. The van der Waals surface area contributed by atoms with Crippen LogP contribution in [0.4, 0.5) is 0 Å². The van der Waals surface area contributed by atoms with Gasteiger partial charge in [0.05, 0.1) is 12.6 Å². The molecule has 0 aliphatic rings. The number of unbranched alkanes of at least 4 members (excludes halogenated alkanes) is 3. The topological polar surface area (TPSA) is 786 Å². The molecule has 137 heavy (non-hydrogen) atoms. The lowest BCUT2D eigenvalue weighted by atomic mass is 9.97. The van der Waals surface area contributed by atoms with E-state index in [1.54, 1.807) is 92.0 Å². The molecule has 48 heteroatoms. The monoisotopic (exact) mass is 1960 g/mol. The molecule has 0 heterocycles. The van der Waals surface area contributed by atoms with Gasteiger partial charge in [0.1, 0.15) is 103 Å². The molecule has 0 unspecified atom stereocenters. The zero-order chi connectivity index (χ0) is 104. The third-order valence-electron chi connectivity index (χ3n) is 21.9. The average molecular weight is 1960 g/mol. The molecule has 0 saturated heterocycles. The average Bonchev–Trinajstić information content (AvgIpc) is 0.852. The van der Waals surface area contributed by atoms with Gasteiger partial charge >= 0.3 is 5.97 Å². The summed E-state index contributed by atoms with van der Waals surface area (Å²) in [7, 11) is 0. The molecule has 33 N–H and O–H groups in total. The van der Waals surface area contributed by atoms with Crippen molar-refractivity contribution >= 4 is 136 Å². The standard InChI is InChI=1S/C89H154N24O23S/c1-15-49(8)71(88(135)100-50(9)74(121)97-51(10)75(122)103-60(31-34-68(95)116)84(131)113-72(54(13)114)89(136)108-63(73(96)120)41-46(2)3)112-83(130)61(32-35-70(118)119)105-81(128)58(29-21-24-39-92)104-82(129)62(36-40-137-14)107-80(127)57(28-20-23-38-91)102-76(123)52(11)99-85(132)64(42-47(4)5)111-87(134)66(44-55-25-17-16-18-26-55)109-77(124)53(12)98-78(125)59(30-33-67(94)115)106-86(133)65(43-48(6)7)110-79(126)56(27-19-22-37-90)101-69(117)45-93/h16-18,25-26,46-54,56-66,71-72,114H,15,19-24,27-45,90-93H2,1-14H3,(H2,94,115)(H2,95,116)(H2,96,120)(H,97,121)(H,98,125)(H,99,132)(H,100,135)(H,101,117)(H,102,123)(H,103,122)(H,104,129)(H,105,128)(H,106,133)(H,107,127)(H,108,136)(H,109,124)(H,110,126)(H,111,134)(H,112,130)(H,113,131)(H,118,119)/t49-,50-,51-,52-,53-,54+,56-,57-,58-,59-,60-,61-,62-,63-,64-,65-,66-,71-,72-/m0/s1. The number of nitrogens with two attached hydrogens (primary N) is 7. The lowest BCUT2D eigenvalue weighted by Crippen LogP contribution is -2.61. The molecule has 0 radical (unpaired) electrons. The molecule has 0 saturated carbocycles. The maximum Gasteiger partial charge on any atom is 0.303 e. The first-order chi connectivity index (χ1) is 64.4. The van der Waals surface area contributed by atoms with Gasteiger partial charge in [0.15, 0.2) is 0 Å². The Morgan fingerprint density at radius 3 is 0.964 bits per heavy atom. The van der Waals surface area contributed by atoms with Gasteiger partial charge in [-0.1, -0.05) is 92.1 Å². The van der Waals surface area contributed by atoms with Crippen molar-refractivity contribution in [2.24, 2.45) is 63.8 Å². The molecule has 1 rings (SSSR count). The second-order valence-corrected chi connectivity index (χ2v) is 36.5. The fourth-order valence-electron chi connectivity index (χ4n) is 13.8. The Balaban J connectivity index is 3.61. The number of hydrogen-bond donors (Lipinski definition) is 26. The second kappa shape index (κ2) is 65.9. The van der Waals surface area contributed by atoms with Gasteiger partial charge in [-0.2, -0.15) is 11.8 Å². The van der Waals surface area contributed by atoms with Crippen molar-refractivity contribution in [3.63, 3.8) is 0 Å². The highest BCUT2D eigenvalue weighted by atomic mass is 32.2. The number of primary amides is 3. The van der Waals surface area contributed by atoms with E-state index in [0.717, 1.165) is 6.92 Å². The number of aliphatic hydroxyl groups is 1. The lowest BCUT2D eigenvalue weighted by molar-refractivity contribution is -0.139. The van der Waals surface area contributed by atoms with Gasteiger partial charge in [-0.15, -0.1) is 0 Å². The van der Waals surface area contributed by atoms with Crippen LogP contribution in [0.5, 0.6) is 0 Å². The molecule has 0 aliphatic carbocycles. The molecule has 20 amide bonds. The van der Waals surface area contributed by atoms with E-state index in [1.165, 1.54) is 39.5 Å². The highest BCUT2D eigenvalue weighted by molar-refractivity contribution is 7.98. The SMILES string of the molecule is CC[C@H](C)[C@H](NC(=O)[C@H](CCC(=O)O)NC(=O)[C@H](CCCCN)NC(=O)[C@H](CCSC)NC(=O)[C@H](CCCCN)NC(=O)[C@H](C)NC(=O)[C@H](CC(C)C)NC(=O)[C@H](Cc1ccccc1)NC(=O)[C@H](C)NC(=O)[C@H](CCC(N)=O)NC(=O)[C@H](CC(C)C)NC(=O)[C@H](CCCCN)NC(=O)CN)C(=O)N[C@@H](C)C(=O)N[C@@H](C)C(=O)N[C@@H](CCC(N)=O)C(=O)N[C@H](C(=O)N[C@@H](CC(C)C)C(N)=O)[C@@H](C)O. The number of carbonyl (C=O) groups excluding carboxylic acids is 20. The number of amides is 20. The number of nitrogens with one attached hydrogen (secondary N) is 17. The summed E-state index contributed by atoms with van der Waals surface area (Å²) >= 11 is 1.29. The molecule has 774 valence electrons. The van der Waals surface area contributed by atoms with Crippen LogP contribution in [0.15, 0.2) is 30.3 Å². The van der Waals surface area contributed by atoms with Crippen molar-refractivity contribution < 1.29 is 111 Å². The van der Waals surface area contributed by atoms with Gasteiger partial charge in [0.2, 0.25) is 118 Å². The van der Waals surface area contributed by atoms with Gasteiger partial charge in [-0.3, -0.25) is 101 Å². The number of thioether (sulfide) groups is 1. The van der Waals surface area contributed by atoms with E-state index < -0.39 is 277 Å². The molecule has 47 nitrogen and oxygen atoms in total. The normalized spacial score (nSPS) is 15.4. The third-order valence-corrected chi connectivity index (χ3v) is 22.6. The molecule has 0 aromatic heterocycles. The molecule has 0 aliphatic heterocycles. The number of aliphatic carboxylic acids is 1. The Hall–Kier alpha value is -11.8. The van der Waals surface area contributed by atoms with Crippen LogP contribution in [0, 0.1) is 23.7 Å². The quantitative estimate of drug-likeness (QED) is 0.0270. The highest BCUT2D eigenvalue weighted by Gasteiger charge is 2.40. The lowest BCUT2D eigenvalue weighted by Gasteiger charge is -2.29. The minimum absolute atomic E-state index is 0.0334. The summed E-state index contributed by atoms with van der Waals surface area (Å²) < 4.78 is 0. The van der Waals surface area contributed by atoms with Crippen LogP contribution in [0.2, 0.25) is 0 Å². The first kappa shape index (κ1) is 123. The van der Waals surface area contributed by atoms with Crippen LogP contribution in [0.25, 0.3) is 0 Å². The van der Waals surface area contributed by atoms with Crippen LogP contribution in [-0.2, 0) is 107 Å². The Bertz CT molecular complexity index is 4130. The molecular weight excluding hydrogens is 1810 g/mol. The number of carboxylic acids is 1. The predicted octanol–water partition coefficient (Wildman–Crippen LogP) is -5.90. The Morgan fingerprint density at radius 1 is 0.321 bits per heavy atom. The maximum atomic E-state index is 14.7. The Kier molecular flexibility index (Phi) is 59.3. The van der Waals surface area contributed by atoms with Crippen LogP contribution in [0.1, 0.15) is 224 Å². The summed E-state index contributed by atoms with van der Waals surface area (Å²) in [5.41, 5.74) is 39.7. The van der Waals surface area contributed by atoms with Crippen LogP contribution in [-0.4, -0.2) is 281 Å². The Morgan fingerprint density at radius 2 is 0.606 bits per heavy atom. The predicted molar refractivity (Wildman–Crippen MR) is 509 cm³/mol. The smallest absolute Gasteiger partial charge is 0.303 e. The second-order valence-electron chi connectivity index (χ2n) is 35.5. The third kappa shape index (κ3) is 49.2. The van der Waals surface area contributed by atoms with Crippen LogP contribution < -0.4 is 131 Å². The van der Waals surface area contributed by atoms with Gasteiger partial charge in [-0.05, 0) is 198 Å². The number of benzene rings is 1. The summed E-state index contributed by atoms with van der Waals surface area (Å²) in [5.74, 6) is -20.8. The van der Waals surface area contributed by atoms with Gasteiger partial charge in [0.25, 0.3) is 0 Å². The molecular formula is C89H154N24O23S. The molecule has 19 atom stereocenters. The van der Waals surface area contributed by atoms with E-state index in [9.17, 15) is 111 Å². The van der Waals surface area contributed by atoms with E-state index in [-0.39, 0.29) is 114 Å². The summed E-state index contributed by atoms with van der Waals surface area (Å²) in [4.78, 5) is 287. The largest absolute Gasteiger partial charge is 0.481 e. The number of carbonyl (C=O) groups is 21. The van der Waals surface area contributed by atoms with Gasteiger partial charge in [0, 0.05) is 25.7 Å². The van der Waals surface area contributed by atoms with E-state index in [0.29, 0.717) is 37.8 Å². The summed E-state index contributed by atoms with van der Waals surface area (Å²) in [6.07, 6.45) is -0.682.